The number of imidazole rings is 1. The molecular formula is C49H34N6O. The van der Waals surface area contributed by atoms with E-state index in [4.69, 9.17) is 4.42 Å². The van der Waals surface area contributed by atoms with Crippen LogP contribution in [0.3, 0.4) is 0 Å². The lowest BCUT2D eigenvalue weighted by molar-refractivity contribution is 0.608. The second kappa shape index (κ2) is 14.2. The molecule has 0 unspecified atom stereocenters. The molecule has 0 radical (unpaired) electrons. The van der Waals surface area contributed by atoms with Crippen LogP contribution in [-0.2, 0) is 0 Å². The molecule has 0 atom stereocenters. The second-order valence-corrected chi connectivity index (χ2v) is 13.4. The number of nitrogens with zero attached hydrogens (tertiary/aromatic N) is 6. The maximum Gasteiger partial charge on any atom is 0.247 e. The third kappa shape index (κ3) is 6.23. The van der Waals surface area contributed by atoms with E-state index in [0.717, 1.165) is 73.1 Å². The summed E-state index contributed by atoms with van der Waals surface area (Å²) in [7, 11) is 0. The van der Waals surface area contributed by atoms with Crippen LogP contribution < -0.4 is 9.80 Å². The summed E-state index contributed by atoms with van der Waals surface area (Å²) < 4.78 is 8.06. The SMILES string of the molecule is c1ccc(N(c2ccc(-c3ccc(N(c4ccccc4)c4ccc(-n5cnc6ccccc65)cc4)cc3)cc2)c2ccc(-c3nc4cccnc4o3)cc2)cc1. The average molecular weight is 723 g/mol. The molecule has 0 saturated carbocycles. The molecule has 0 N–H and O–H groups in total. The number of aromatic nitrogens is 4. The Morgan fingerprint density at radius 2 is 0.857 bits per heavy atom. The Labute approximate surface area is 324 Å². The first-order valence-corrected chi connectivity index (χ1v) is 18.5. The zero-order chi connectivity index (χ0) is 37.3. The van der Waals surface area contributed by atoms with Gasteiger partial charge in [0, 0.05) is 51.6 Å². The van der Waals surface area contributed by atoms with Crippen LogP contribution in [0.2, 0.25) is 0 Å². The van der Waals surface area contributed by atoms with Crippen LogP contribution in [0.5, 0.6) is 0 Å². The predicted molar refractivity (Wildman–Crippen MR) is 227 cm³/mol. The van der Waals surface area contributed by atoms with Gasteiger partial charge in [-0.3, -0.25) is 4.57 Å². The number of rotatable bonds is 9. The molecule has 10 rings (SSSR count). The van der Waals surface area contributed by atoms with Crippen molar-refractivity contribution in [2.75, 3.05) is 9.80 Å². The fraction of sp³-hybridized carbons (Fsp3) is 0. The van der Waals surface area contributed by atoms with E-state index >= 15 is 0 Å². The molecule has 3 heterocycles. The van der Waals surface area contributed by atoms with Crippen molar-refractivity contribution < 1.29 is 4.42 Å². The number of hydrogen-bond acceptors (Lipinski definition) is 6. The van der Waals surface area contributed by atoms with Crippen LogP contribution in [0.4, 0.5) is 34.1 Å². The normalized spacial score (nSPS) is 11.2. The molecule has 0 amide bonds. The fourth-order valence-electron chi connectivity index (χ4n) is 7.23. The van der Waals surface area contributed by atoms with Crippen molar-refractivity contribution in [3.05, 3.63) is 207 Å². The zero-order valence-electron chi connectivity index (χ0n) is 30.2. The molecule has 0 saturated heterocycles. The number of anilines is 6. The average Bonchev–Trinajstić information content (AvgIpc) is 3.91. The van der Waals surface area contributed by atoms with Crippen molar-refractivity contribution in [1.82, 2.24) is 19.5 Å². The summed E-state index contributed by atoms with van der Waals surface area (Å²) in [5, 5.41) is 0. The van der Waals surface area contributed by atoms with Crippen LogP contribution in [0.15, 0.2) is 211 Å². The quantitative estimate of drug-likeness (QED) is 0.148. The van der Waals surface area contributed by atoms with E-state index in [0.29, 0.717) is 11.6 Å². The van der Waals surface area contributed by atoms with Crippen molar-refractivity contribution in [3.8, 4) is 28.3 Å². The Kier molecular flexibility index (Phi) is 8.35. The van der Waals surface area contributed by atoms with Gasteiger partial charge in [-0.25, -0.2) is 15.0 Å². The van der Waals surface area contributed by atoms with Crippen molar-refractivity contribution in [2.24, 2.45) is 0 Å². The molecular weight excluding hydrogens is 689 g/mol. The van der Waals surface area contributed by atoms with E-state index in [1.54, 1.807) is 6.20 Å². The summed E-state index contributed by atoms with van der Waals surface area (Å²) in [6, 6.07) is 67.3. The smallest absolute Gasteiger partial charge is 0.247 e. The summed E-state index contributed by atoms with van der Waals surface area (Å²) >= 11 is 0. The van der Waals surface area contributed by atoms with E-state index < -0.39 is 0 Å². The largest absolute Gasteiger partial charge is 0.418 e. The van der Waals surface area contributed by atoms with Crippen LogP contribution in [0.25, 0.3) is 50.5 Å². The number of oxazole rings is 1. The van der Waals surface area contributed by atoms with Gasteiger partial charge in [-0.05, 0) is 132 Å². The van der Waals surface area contributed by atoms with Crippen LogP contribution in [-0.4, -0.2) is 19.5 Å². The lowest BCUT2D eigenvalue weighted by Gasteiger charge is -2.26. The van der Waals surface area contributed by atoms with E-state index in [9.17, 15) is 0 Å². The van der Waals surface area contributed by atoms with Crippen LogP contribution in [0, 0.1) is 0 Å². The fourth-order valence-corrected chi connectivity index (χ4v) is 7.23. The molecule has 266 valence electrons. The Bertz CT molecular complexity index is 2850. The number of fused-ring (bicyclic) bond motifs is 2. The van der Waals surface area contributed by atoms with Gasteiger partial charge in [0.1, 0.15) is 11.8 Å². The molecule has 7 nitrogen and oxygen atoms in total. The molecule has 0 aliphatic heterocycles. The molecule has 56 heavy (non-hydrogen) atoms. The summed E-state index contributed by atoms with van der Waals surface area (Å²) in [5.74, 6) is 0.552. The first-order chi connectivity index (χ1) is 27.7. The Morgan fingerprint density at radius 1 is 0.393 bits per heavy atom. The van der Waals surface area contributed by atoms with Crippen molar-refractivity contribution >= 4 is 56.4 Å². The molecule has 0 fully saturated rings. The van der Waals surface area contributed by atoms with Gasteiger partial charge in [0.25, 0.3) is 0 Å². The van der Waals surface area contributed by atoms with Gasteiger partial charge in [0.2, 0.25) is 11.6 Å². The molecule has 7 heteroatoms. The third-order valence-corrected chi connectivity index (χ3v) is 9.99. The highest BCUT2D eigenvalue weighted by Gasteiger charge is 2.16. The Hall–Kier alpha value is -7.77. The van der Waals surface area contributed by atoms with Crippen molar-refractivity contribution in [1.29, 1.82) is 0 Å². The molecule has 3 aromatic heterocycles. The zero-order valence-corrected chi connectivity index (χ0v) is 30.2. The van der Waals surface area contributed by atoms with Gasteiger partial charge in [-0.15, -0.1) is 0 Å². The molecule has 0 bridgehead atoms. The summed E-state index contributed by atoms with van der Waals surface area (Å²) in [4.78, 5) is 18.0. The van der Waals surface area contributed by atoms with E-state index in [-0.39, 0.29) is 0 Å². The highest BCUT2D eigenvalue weighted by Crippen LogP contribution is 2.39. The van der Waals surface area contributed by atoms with Gasteiger partial charge < -0.3 is 14.2 Å². The minimum Gasteiger partial charge on any atom is -0.418 e. The van der Waals surface area contributed by atoms with Crippen LogP contribution in [0.1, 0.15) is 0 Å². The van der Waals surface area contributed by atoms with E-state index in [1.165, 1.54) is 0 Å². The topological polar surface area (TPSA) is 63.2 Å². The van der Waals surface area contributed by atoms with Crippen molar-refractivity contribution in [3.63, 3.8) is 0 Å². The number of para-hydroxylation sites is 4. The van der Waals surface area contributed by atoms with Crippen molar-refractivity contribution in [2.45, 2.75) is 0 Å². The highest BCUT2D eigenvalue weighted by molar-refractivity contribution is 5.82. The highest BCUT2D eigenvalue weighted by atomic mass is 16.4. The molecule has 0 aliphatic carbocycles. The third-order valence-electron chi connectivity index (χ3n) is 9.99. The lowest BCUT2D eigenvalue weighted by Crippen LogP contribution is -2.10. The Morgan fingerprint density at radius 3 is 1.41 bits per heavy atom. The van der Waals surface area contributed by atoms with Gasteiger partial charge in [0.05, 0.1) is 11.0 Å². The molecule has 0 spiro atoms. The maximum atomic E-state index is 5.93. The van der Waals surface area contributed by atoms with E-state index in [1.807, 2.05) is 60.9 Å². The van der Waals surface area contributed by atoms with Crippen LogP contribution >= 0.6 is 0 Å². The van der Waals surface area contributed by atoms with Gasteiger partial charge >= 0.3 is 0 Å². The standard InChI is InChI=1S/C49H34N6O/c1-3-10-39(11-4-1)54(43-27-21-37(22-28-43)48-52-46-15-9-33-50-49(46)56-48)41-23-17-35(18-24-41)36-19-25-42(26-20-36)55(40-12-5-2-6-13-40)44-31-29-38(30-32-44)53-34-51-45-14-7-8-16-47(45)53/h1-34H. The molecule has 0 aliphatic rings. The number of pyridine rings is 1. The summed E-state index contributed by atoms with van der Waals surface area (Å²) in [6.45, 7) is 0. The molecule has 10 aromatic rings. The van der Waals surface area contributed by atoms with Gasteiger partial charge in [0.15, 0.2) is 0 Å². The maximum absolute atomic E-state index is 5.93. The minimum atomic E-state index is 0.534. The van der Waals surface area contributed by atoms with Gasteiger partial charge in [-0.2, -0.15) is 0 Å². The lowest BCUT2D eigenvalue weighted by atomic mass is 10.0. The first-order valence-electron chi connectivity index (χ1n) is 18.5. The predicted octanol–water partition coefficient (Wildman–Crippen LogP) is 12.8. The Balaban J connectivity index is 0.930. The summed E-state index contributed by atoms with van der Waals surface area (Å²) in [6.07, 6.45) is 3.60. The number of hydrogen-bond donors (Lipinski definition) is 0. The minimum absolute atomic E-state index is 0.534. The first kappa shape index (κ1) is 32.8. The summed E-state index contributed by atoms with van der Waals surface area (Å²) in [5.41, 5.74) is 13.9. The van der Waals surface area contributed by atoms with E-state index in [2.05, 4.69) is 169 Å². The number of benzene rings is 7. The molecule has 7 aromatic carbocycles. The second-order valence-electron chi connectivity index (χ2n) is 13.4. The van der Waals surface area contributed by atoms with Gasteiger partial charge in [-0.1, -0.05) is 72.8 Å². The monoisotopic (exact) mass is 722 g/mol.